The summed E-state index contributed by atoms with van der Waals surface area (Å²) in [5.41, 5.74) is 1.37. The van der Waals surface area contributed by atoms with Crippen LogP contribution in [0, 0.1) is 5.41 Å². The maximum absolute atomic E-state index is 13.3. The molecule has 0 aromatic carbocycles. The van der Waals surface area contributed by atoms with Crippen LogP contribution >= 0.6 is 0 Å². The van der Waals surface area contributed by atoms with Crippen LogP contribution in [0.2, 0.25) is 0 Å². The summed E-state index contributed by atoms with van der Waals surface area (Å²) in [6.45, 7) is 1.83. The fourth-order valence-electron chi connectivity index (χ4n) is 5.01. The summed E-state index contributed by atoms with van der Waals surface area (Å²) in [4.78, 5) is 34.1. The normalized spacial score (nSPS) is 23.9. The van der Waals surface area contributed by atoms with E-state index in [0.717, 1.165) is 24.8 Å². The van der Waals surface area contributed by atoms with Gasteiger partial charge in [0.2, 0.25) is 5.91 Å². The molecule has 160 valence electrons. The van der Waals surface area contributed by atoms with Crippen LogP contribution in [-0.2, 0) is 18.3 Å². The van der Waals surface area contributed by atoms with E-state index < -0.39 is 0 Å². The third-order valence-corrected chi connectivity index (χ3v) is 6.87. The molecule has 2 atom stereocenters. The molecule has 0 spiro atoms. The molecular formula is C23H30N4O3. The number of amides is 2. The molecule has 0 bridgehead atoms. The fourth-order valence-corrected chi connectivity index (χ4v) is 5.01. The second-order valence-electron chi connectivity index (χ2n) is 8.59. The van der Waals surface area contributed by atoms with Crippen molar-refractivity contribution < 1.29 is 14.7 Å². The third-order valence-electron chi connectivity index (χ3n) is 6.87. The second-order valence-corrected chi connectivity index (χ2v) is 8.59. The van der Waals surface area contributed by atoms with Crippen LogP contribution in [0.15, 0.2) is 42.9 Å². The van der Waals surface area contributed by atoms with Crippen molar-refractivity contribution in [2.75, 3.05) is 26.2 Å². The van der Waals surface area contributed by atoms with Crippen molar-refractivity contribution in [2.45, 2.75) is 38.1 Å². The molecule has 0 saturated carbocycles. The number of carbonyl (C=O) groups is 2. The van der Waals surface area contributed by atoms with Gasteiger partial charge in [0.1, 0.15) is 5.69 Å². The zero-order chi connectivity index (χ0) is 21.1. The predicted octanol–water partition coefficient (Wildman–Crippen LogP) is 1.87. The molecule has 2 saturated heterocycles. The van der Waals surface area contributed by atoms with E-state index in [1.165, 1.54) is 0 Å². The van der Waals surface area contributed by atoms with Crippen LogP contribution in [0.25, 0.3) is 0 Å². The standard InChI is InChI=1S/C23H30N4O3/c1-25-12-3-6-19(25)22(30)27-13-4-9-23(17-28)10-14-26(16-20(23)27)21(29)8-7-18-5-2-11-24-15-18/h2-3,5-6,11-12,15,20,28H,4,7-10,13-14,16-17H2,1H3/t20-,23-/m0/s1. The highest BCUT2D eigenvalue weighted by molar-refractivity contribution is 5.93. The molecule has 0 radical (unpaired) electrons. The molecule has 2 fully saturated rings. The van der Waals surface area contributed by atoms with Gasteiger partial charge in [-0.25, -0.2) is 0 Å². The maximum Gasteiger partial charge on any atom is 0.270 e. The monoisotopic (exact) mass is 410 g/mol. The number of piperidine rings is 2. The molecule has 2 aromatic rings. The van der Waals surface area contributed by atoms with Crippen molar-refractivity contribution in [2.24, 2.45) is 12.5 Å². The number of hydrogen-bond donors (Lipinski definition) is 1. The number of fused-ring (bicyclic) bond motifs is 1. The van der Waals surface area contributed by atoms with E-state index in [1.807, 2.05) is 51.9 Å². The van der Waals surface area contributed by atoms with Crippen molar-refractivity contribution in [1.29, 1.82) is 0 Å². The summed E-state index contributed by atoms with van der Waals surface area (Å²) in [6, 6.07) is 7.40. The second kappa shape index (κ2) is 8.60. The van der Waals surface area contributed by atoms with Gasteiger partial charge in [-0.15, -0.1) is 0 Å². The van der Waals surface area contributed by atoms with Gasteiger partial charge in [0.05, 0.1) is 12.6 Å². The van der Waals surface area contributed by atoms with E-state index >= 15 is 0 Å². The summed E-state index contributed by atoms with van der Waals surface area (Å²) >= 11 is 0. The molecule has 30 heavy (non-hydrogen) atoms. The van der Waals surface area contributed by atoms with Crippen LogP contribution in [0.3, 0.4) is 0 Å². The minimum absolute atomic E-state index is 0.0188. The minimum atomic E-state index is -0.320. The van der Waals surface area contributed by atoms with Crippen molar-refractivity contribution >= 4 is 11.8 Å². The van der Waals surface area contributed by atoms with Gasteiger partial charge in [0.15, 0.2) is 0 Å². The average molecular weight is 411 g/mol. The summed E-state index contributed by atoms with van der Waals surface area (Å²) in [5.74, 6) is 0.0805. The number of rotatable bonds is 5. The van der Waals surface area contributed by atoms with Gasteiger partial charge in [-0.2, -0.15) is 0 Å². The lowest BCUT2D eigenvalue weighted by Crippen LogP contribution is -2.64. The Balaban J connectivity index is 1.50. The summed E-state index contributed by atoms with van der Waals surface area (Å²) in [5, 5.41) is 10.3. The third kappa shape index (κ3) is 3.86. The largest absolute Gasteiger partial charge is 0.396 e. The Labute approximate surface area is 177 Å². The zero-order valence-electron chi connectivity index (χ0n) is 17.5. The minimum Gasteiger partial charge on any atom is -0.396 e. The van der Waals surface area contributed by atoms with E-state index in [4.69, 9.17) is 0 Å². The maximum atomic E-state index is 13.3. The number of aliphatic hydroxyl groups is 1. The van der Waals surface area contributed by atoms with Gasteiger partial charge in [-0.05, 0) is 49.4 Å². The summed E-state index contributed by atoms with van der Waals surface area (Å²) < 4.78 is 1.83. The lowest BCUT2D eigenvalue weighted by atomic mass is 9.68. The molecule has 1 N–H and O–H groups in total. The first-order valence-corrected chi connectivity index (χ1v) is 10.7. The molecule has 0 aliphatic carbocycles. The molecule has 4 heterocycles. The Kier molecular flexibility index (Phi) is 5.90. The van der Waals surface area contributed by atoms with Gasteiger partial charge in [-0.3, -0.25) is 14.6 Å². The van der Waals surface area contributed by atoms with E-state index in [2.05, 4.69) is 4.98 Å². The van der Waals surface area contributed by atoms with Crippen LogP contribution < -0.4 is 0 Å². The van der Waals surface area contributed by atoms with Crippen molar-refractivity contribution in [3.8, 4) is 0 Å². The van der Waals surface area contributed by atoms with E-state index in [-0.39, 0.29) is 29.9 Å². The molecule has 7 nitrogen and oxygen atoms in total. The lowest BCUT2D eigenvalue weighted by molar-refractivity contribution is -0.139. The Bertz CT molecular complexity index is 897. The fraction of sp³-hybridized carbons (Fsp3) is 0.522. The Morgan fingerprint density at radius 2 is 2.10 bits per heavy atom. The van der Waals surface area contributed by atoms with Crippen LogP contribution in [0.1, 0.15) is 41.7 Å². The zero-order valence-corrected chi connectivity index (χ0v) is 17.5. The van der Waals surface area contributed by atoms with Crippen molar-refractivity contribution in [3.63, 3.8) is 0 Å². The average Bonchev–Trinajstić information content (AvgIpc) is 3.22. The molecule has 0 unspecified atom stereocenters. The smallest absolute Gasteiger partial charge is 0.270 e. The van der Waals surface area contributed by atoms with Crippen LogP contribution in [0.4, 0.5) is 0 Å². The number of likely N-dealkylation sites (tertiary alicyclic amines) is 2. The molecule has 7 heteroatoms. The molecule has 2 amide bonds. The first-order valence-electron chi connectivity index (χ1n) is 10.7. The Morgan fingerprint density at radius 1 is 1.23 bits per heavy atom. The Morgan fingerprint density at radius 3 is 2.80 bits per heavy atom. The summed E-state index contributed by atoms with van der Waals surface area (Å²) in [7, 11) is 1.87. The number of aromatic nitrogens is 2. The summed E-state index contributed by atoms with van der Waals surface area (Å²) in [6.07, 6.45) is 8.97. The van der Waals surface area contributed by atoms with E-state index in [0.29, 0.717) is 38.2 Å². The number of carbonyl (C=O) groups excluding carboxylic acids is 2. The molecule has 2 aromatic heterocycles. The highest BCUT2D eigenvalue weighted by Gasteiger charge is 2.49. The number of hydrogen-bond acceptors (Lipinski definition) is 4. The van der Waals surface area contributed by atoms with E-state index in [9.17, 15) is 14.7 Å². The van der Waals surface area contributed by atoms with Gasteiger partial charge >= 0.3 is 0 Å². The number of aryl methyl sites for hydroxylation is 2. The van der Waals surface area contributed by atoms with Crippen LogP contribution in [0.5, 0.6) is 0 Å². The van der Waals surface area contributed by atoms with Gasteiger partial charge in [0, 0.05) is 57.1 Å². The first kappa shape index (κ1) is 20.6. The topological polar surface area (TPSA) is 78.7 Å². The highest BCUT2D eigenvalue weighted by Crippen LogP contribution is 2.42. The lowest BCUT2D eigenvalue weighted by Gasteiger charge is -2.54. The first-order chi connectivity index (χ1) is 14.5. The molecular weight excluding hydrogens is 380 g/mol. The highest BCUT2D eigenvalue weighted by atomic mass is 16.3. The molecule has 2 aliphatic rings. The van der Waals surface area contributed by atoms with E-state index in [1.54, 1.807) is 12.4 Å². The van der Waals surface area contributed by atoms with Gasteiger partial charge < -0.3 is 19.5 Å². The van der Waals surface area contributed by atoms with Crippen LogP contribution in [-0.4, -0.2) is 68.6 Å². The SMILES string of the molecule is Cn1cccc1C(=O)N1CCC[C@@]2(CO)CCN(C(=O)CCc3cccnc3)C[C@H]12. The molecule has 4 rings (SSSR count). The van der Waals surface area contributed by atoms with Gasteiger partial charge in [-0.1, -0.05) is 6.07 Å². The number of pyridine rings is 1. The van der Waals surface area contributed by atoms with Gasteiger partial charge in [0.25, 0.3) is 5.91 Å². The Hall–Kier alpha value is -2.67. The quantitative estimate of drug-likeness (QED) is 0.816. The van der Waals surface area contributed by atoms with Crippen molar-refractivity contribution in [1.82, 2.24) is 19.4 Å². The van der Waals surface area contributed by atoms with Crippen molar-refractivity contribution in [3.05, 3.63) is 54.1 Å². The number of aliphatic hydroxyl groups excluding tert-OH is 1. The molecule has 2 aliphatic heterocycles. The number of nitrogens with zero attached hydrogens (tertiary/aromatic N) is 4. The predicted molar refractivity (Wildman–Crippen MR) is 113 cm³/mol.